The molecule has 0 spiro atoms. The Morgan fingerprint density at radius 2 is 2.00 bits per heavy atom. The zero-order chi connectivity index (χ0) is 17.1. The number of ether oxygens (including phenoxy) is 1. The van der Waals surface area contributed by atoms with Gasteiger partial charge in [0.1, 0.15) is 5.69 Å². The Balaban J connectivity index is 1.94. The number of esters is 1. The highest BCUT2D eigenvalue weighted by Crippen LogP contribution is 2.17. The topological polar surface area (TPSA) is 79.0 Å². The molecule has 0 radical (unpaired) electrons. The second-order valence-corrected chi connectivity index (χ2v) is 5.88. The normalized spacial score (nSPS) is 10.8. The van der Waals surface area contributed by atoms with Crippen LogP contribution in [0.1, 0.15) is 23.2 Å². The lowest BCUT2D eigenvalue weighted by atomic mass is 10.2. The van der Waals surface area contributed by atoms with Gasteiger partial charge in [0.25, 0.3) is 0 Å². The van der Waals surface area contributed by atoms with Crippen molar-refractivity contribution in [3.05, 3.63) is 56.9 Å². The maximum atomic E-state index is 12.1. The predicted molar refractivity (Wildman–Crippen MR) is 90.1 cm³/mol. The molecule has 2 aromatic heterocycles. The van der Waals surface area contributed by atoms with E-state index in [9.17, 15) is 9.59 Å². The lowest BCUT2D eigenvalue weighted by molar-refractivity contribution is 0.0514. The van der Waals surface area contributed by atoms with Crippen LogP contribution in [-0.2, 0) is 18.3 Å². The summed E-state index contributed by atoms with van der Waals surface area (Å²) in [6, 6.07) is 9.65. The molecule has 0 aliphatic heterocycles. The third-order valence-corrected chi connectivity index (χ3v) is 4.33. The summed E-state index contributed by atoms with van der Waals surface area (Å²) in [5, 5.41) is 9.86. The van der Waals surface area contributed by atoms with Crippen molar-refractivity contribution in [2.75, 3.05) is 6.61 Å². The van der Waals surface area contributed by atoms with Crippen LogP contribution in [0, 0.1) is 0 Å². The molecular formula is C16H16N4O3S. The highest BCUT2D eigenvalue weighted by Gasteiger charge is 2.18. The number of benzene rings is 1. The van der Waals surface area contributed by atoms with Gasteiger partial charge in [0.05, 0.1) is 13.2 Å². The van der Waals surface area contributed by atoms with Crippen LogP contribution in [0.15, 0.2) is 40.5 Å². The number of hydrogen-bond acceptors (Lipinski definition) is 6. The van der Waals surface area contributed by atoms with E-state index in [2.05, 4.69) is 10.2 Å². The molecule has 0 aliphatic rings. The van der Waals surface area contributed by atoms with E-state index in [0.29, 0.717) is 11.6 Å². The molecular weight excluding hydrogens is 328 g/mol. The van der Waals surface area contributed by atoms with Crippen molar-refractivity contribution in [1.29, 1.82) is 0 Å². The Kier molecular flexibility index (Phi) is 4.57. The van der Waals surface area contributed by atoms with Crippen LogP contribution < -0.4 is 4.87 Å². The molecule has 3 aromatic rings. The van der Waals surface area contributed by atoms with Crippen LogP contribution in [0.3, 0.4) is 0 Å². The summed E-state index contributed by atoms with van der Waals surface area (Å²) in [6.07, 6.45) is 0. The lowest BCUT2D eigenvalue weighted by Crippen LogP contribution is -2.22. The van der Waals surface area contributed by atoms with Crippen molar-refractivity contribution >= 4 is 17.3 Å². The Bertz CT molecular complexity index is 911. The highest BCUT2D eigenvalue weighted by molar-refractivity contribution is 7.07. The molecule has 2 heterocycles. The van der Waals surface area contributed by atoms with E-state index in [1.165, 1.54) is 9.95 Å². The second kappa shape index (κ2) is 6.79. The van der Waals surface area contributed by atoms with Crippen LogP contribution in [0.2, 0.25) is 0 Å². The van der Waals surface area contributed by atoms with Crippen LogP contribution in [0.25, 0.3) is 11.4 Å². The van der Waals surface area contributed by atoms with E-state index in [0.717, 1.165) is 16.9 Å². The van der Waals surface area contributed by atoms with Gasteiger partial charge >= 0.3 is 10.8 Å². The minimum absolute atomic E-state index is 0.160. The van der Waals surface area contributed by atoms with Gasteiger partial charge in [-0.15, -0.1) is 10.2 Å². The van der Waals surface area contributed by atoms with Gasteiger partial charge in [-0.2, -0.15) is 0 Å². The SMILES string of the molecule is CCOC(=O)c1csc(=O)n1Cc1nnc(-c2ccccc2)n1C. The molecule has 24 heavy (non-hydrogen) atoms. The largest absolute Gasteiger partial charge is 0.461 e. The second-order valence-electron chi connectivity index (χ2n) is 5.06. The molecule has 0 N–H and O–H groups in total. The van der Waals surface area contributed by atoms with Gasteiger partial charge in [-0.05, 0) is 6.92 Å². The lowest BCUT2D eigenvalue weighted by Gasteiger charge is -2.07. The molecule has 3 rings (SSSR count). The molecule has 124 valence electrons. The van der Waals surface area contributed by atoms with E-state index in [-0.39, 0.29) is 23.7 Å². The van der Waals surface area contributed by atoms with Crippen molar-refractivity contribution in [3.63, 3.8) is 0 Å². The van der Waals surface area contributed by atoms with Crippen LogP contribution in [-0.4, -0.2) is 31.9 Å². The molecule has 0 bridgehead atoms. The van der Waals surface area contributed by atoms with Crippen molar-refractivity contribution in [3.8, 4) is 11.4 Å². The molecule has 7 nitrogen and oxygen atoms in total. The van der Waals surface area contributed by atoms with E-state index < -0.39 is 5.97 Å². The monoisotopic (exact) mass is 344 g/mol. The number of aromatic nitrogens is 4. The van der Waals surface area contributed by atoms with Crippen LogP contribution in [0.5, 0.6) is 0 Å². The van der Waals surface area contributed by atoms with Crippen molar-refractivity contribution < 1.29 is 9.53 Å². The first-order valence-electron chi connectivity index (χ1n) is 7.41. The fourth-order valence-corrected chi connectivity index (χ4v) is 3.05. The third-order valence-electron chi connectivity index (χ3n) is 3.56. The Hall–Kier alpha value is -2.74. The average molecular weight is 344 g/mol. The first-order chi connectivity index (χ1) is 11.6. The average Bonchev–Trinajstić information content (AvgIpc) is 3.13. The van der Waals surface area contributed by atoms with Crippen molar-refractivity contribution in [2.45, 2.75) is 13.5 Å². The molecule has 0 fully saturated rings. The Morgan fingerprint density at radius 3 is 2.71 bits per heavy atom. The first-order valence-corrected chi connectivity index (χ1v) is 8.29. The van der Waals surface area contributed by atoms with E-state index >= 15 is 0 Å². The zero-order valence-electron chi connectivity index (χ0n) is 13.3. The fraction of sp³-hybridized carbons (Fsp3) is 0.250. The molecule has 1 aromatic carbocycles. The molecule has 0 saturated heterocycles. The summed E-state index contributed by atoms with van der Waals surface area (Å²) in [5.41, 5.74) is 1.16. The zero-order valence-corrected chi connectivity index (χ0v) is 14.1. The maximum Gasteiger partial charge on any atom is 0.355 e. The Labute approximate surface area is 142 Å². The van der Waals surface area contributed by atoms with Gasteiger partial charge in [-0.1, -0.05) is 41.7 Å². The highest BCUT2D eigenvalue weighted by atomic mass is 32.1. The number of nitrogens with zero attached hydrogens (tertiary/aromatic N) is 4. The molecule has 0 unspecified atom stereocenters. The van der Waals surface area contributed by atoms with Crippen molar-refractivity contribution in [1.82, 2.24) is 19.3 Å². The molecule has 0 amide bonds. The molecule has 0 atom stereocenters. The number of carbonyl (C=O) groups excluding carboxylic acids is 1. The summed E-state index contributed by atoms with van der Waals surface area (Å²) in [4.78, 5) is 23.8. The third kappa shape index (κ3) is 3.00. The Morgan fingerprint density at radius 1 is 1.25 bits per heavy atom. The van der Waals surface area contributed by atoms with Gasteiger partial charge in [0.2, 0.25) is 0 Å². The maximum absolute atomic E-state index is 12.1. The smallest absolute Gasteiger partial charge is 0.355 e. The predicted octanol–water partition coefficient (Wildman–Crippen LogP) is 1.93. The number of carbonyl (C=O) groups is 1. The number of hydrogen-bond donors (Lipinski definition) is 0. The number of rotatable bonds is 5. The summed E-state index contributed by atoms with van der Waals surface area (Å²) < 4.78 is 8.17. The van der Waals surface area contributed by atoms with E-state index in [4.69, 9.17) is 4.74 Å². The molecule has 8 heteroatoms. The minimum atomic E-state index is -0.513. The van der Waals surface area contributed by atoms with Crippen molar-refractivity contribution in [2.24, 2.45) is 7.05 Å². The molecule has 0 aliphatic carbocycles. The fourth-order valence-electron chi connectivity index (χ4n) is 2.32. The summed E-state index contributed by atoms with van der Waals surface area (Å²) in [5.74, 6) is 0.771. The van der Waals surface area contributed by atoms with Gasteiger partial charge in [0.15, 0.2) is 11.6 Å². The standard InChI is InChI=1S/C16H16N4O3S/c1-3-23-15(21)12-10-24-16(22)20(12)9-13-17-18-14(19(13)2)11-7-5-4-6-8-11/h4-8,10H,3,9H2,1-2H3. The summed E-state index contributed by atoms with van der Waals surface area (Å²) in [7, 11) is 1.83. The first kappa shape index (κ1) is 16.1. The van der Waals surface area contributed by atoms with Crippen LogP contribution in [0.4, 0.5) is 0 Å². The van der Waals surface area contributed by atoms with Gasteiger partial charge in [-0.3, -0.25) is 9.36 Å². The van der Waals surface area contributed by atoms with E-state index in [1.807, 2.05) is 41.9 Å². The van der Waals surface area contributed by atoms with E-state index in [1.54, 1.807) is 6.92 Å². The van der Waals surface area contributed by atoms with Gasteiger partial charge < -0.3 is 9.30 Å². The summed E-state index contributed by atoms with van der Waals surface area (Å²) in [6.45, 7) is 2.14. The minimum Gasteiger partial charge on any atom is -0.461 e. The summed E-state index contributed by atoms with van der Waals surface area (Å²) >= 11 is 0.963. The van der Waals surface area contributed by atoms with Crippen LogP contribution >= 0.6 is 11.3 Å². The quantitative estimate of drug-likeness (QED) is 0.661. The van der Waals surface area contributed by atoms with Gasteiger partial charge in [0, 0.05) is 18.0 Å². The number of thiazole rings is 1. The van der Waals surface area contributed by atoms with Gasteiger partial charge in [-0.25, -0.2) is 4.79 Å². The molecule has 0 saturated carbocycles.